The van der Waals surface area contributed by atoms with Gasteiger partial charge in [0, 0.05) is 29.2 Å². The second kappa shape index (κ2) is 8.26. The van der Waals surface area contributed by atoms with Crippen molar-refractivity contribution in [2.75, 3.05) is 6.61 Å². The molecule has 0 amide bonds. The minimum absolute atomic E-state index is 0.0100. The van der Waals surface area contributed by atoms with E-state index in [9.17, 15) is 9.59 Å². The maximum atomic E-state index is 12.5. The zero-order valence-electron chi connectivity index (χ0n) is 16.1. The molecule has 0 spiro atoms. The first-order chi connectivity index (χ1) is 12.9. The molecule has 1 aromatic carbocycles. The third kappa shape index (κ3) is 5.34. The monoisotopic (exact) mass is 363 g/mol. The Labute approximate surface area is 160 Å². The third-order valence-corrected chi connectivity index (χ3v) is 4.63. The van der Waals surface area contributed by atoms with Crippen LogP contribution in [0.15, 0.2) is 41.2 Å². The lowest BCUT2D eigenvalue weighted by molar-refractivity contribution is -0.123. The highest BCUT2D eigenvalue weighted by atomic mass is 16.5. The van der Waals surface area contributed by atoms with Crippen molar-refractivity contribution < 1.29 is 9.53 Å². The average Bonchev–Trinajstić information content (AvgIpc) is 3.46. The molecule has 0 atom stereocenters. The van der Waals surface area contributed by atoms with E-state index >= 15 is 0 Å². The fraction of sp³-hybridized carbons (Fsp3) is 0.391. The molecular formula is C23H25NO3. The van der Waals surface area contributed by atoms with Gasteiger partial charge in [0.15, 0.2) is 5.78 Å². The first-order valence-electron chi connectivity index (χ1n) is 9.40. The molecule has 4 heteroatoms. The summed E-state index contributed by atoms with van der Waals surface area (Å²) < 4.78 is 7.18. The van der Waals surface area contributed by atoms with Crippen LogP contribution in [-0.4, -0.2) is 17.0 Å². The van der Waals surface area contributed by atoms with Crippen LogP contribution in [0.4, 0.5) is 0 Å². The molecular weight excluding hydrogens is 338 g/mol. The Hall–Kier alpha value is -2.80. The van der Waals surface area contributed by atoms with Gasteiger partial charge in [-0.25, -0.2) is 0 Å². The molecule has 0 bridgehead atoms. The number of hydrogen-bond donors (Lipinski definition) is 0. The Kier molecular flexibility index (Phi) is 5.81. The number of ketones is 1. The molecule has 1 aliphatic rings. The Balaban J connectivity index is 1.68. The summed E-state index contributed by atoms with van der Waals surface area (Å²) in [6.45, 7) is 6.01. The predicted octanol–water partition coefficient (Wildman–Crippen LogP) is 3.57. The van der Waals surface area contributed by atoms with Crippen LogP contribution in [0.1, 0.15) is 43.5 Å². The highest BCUT2D eigenvalue weighted by molar-refractivity contribution is 5.81. The highest BCUT2D eigenvalue weighted by Crippen LogP contribution is 2.27. The first-order valence-corrected chi connectivity index (χ1v) is 9.40. The Bertz CT molecular complexity index is 938. The number of carbonyl (C=O) groups is 1. The fourth-order valence-corrected chi connectivity index (χ4v) is 2.60. The van der Waals surface area contributed by atoms with E-state index in [2.05, 4.69) is 11.8 Å². The molecule has 3 rings (SSSR count). The largest absolute Gasteiger partial charge is 0.486 e. The van der Waals surface area contributed by atoms with Gasteiger partial charge >= 0.3 is 0 Å². The second-order valence-corrected chi connectivity index (χ2v) is 7.41. The zero-order chi connectivity index (χ0) is 19.4. The molecule has 0 N–H and O–H groups in total. The maximum Gasteiger partial charge on any atom is 0.254 e. The molecule has 140 valence electrons. The SMILES string of the molecule is Cc1cc(OCC(=O)C(C)C)cc(=O)n1Cc1ccc(C#CC2CC2)cc1. The van der Waals surface area contributed by atoms with Gasteiger partial charge in [0.25, 0.3) is 5.56 Å². The van der Waals surface area contributed by atoms with E-state index in [0.29, 0.717) is 18.2 Å². The number of pyridine rings is 1. The van der Waals surface area contributed by atoms with Crippen molar-refractivity contribution in [2.24, 2.45) is 11.8 Å². The molecule has 2 aromatic rings. The third-order valence-electron chi connectivity index (χ3n) is 4.63. The van der Waals surface area contributed by atoms with Gasteiger partial charge in [-0.2, -0.15) is 0 Å². The number of Topliss-reactive ketones (excluding diaryl/α,β-unsaturated/α-hetero) is 1. The molecule has 27 heavy (non-hydrogen) atoms. The number of hydrogen-bond acceptors (Lipinski definition) is 3. The Morgan fingerprint density at radius 3 is 2.52 bits per heavy atom. The van der Waals surface area contributed by atoms with Gasteiger partial charge in [-0.3, -0.25) is 9.59 Å². The van der Waals surface area contributed by atoms with Crippen molar-refractivity contribution in [1.29, 1.82) is 0 Å². The van der Waals surface area contributed by atoms with E-state index < -0.39 is 0 Å². The topological polar surface area (TPSA) is 48.3 Å². The number of carbonyl (C=O) groups excluding carboxylic acids is 1. The molecule has 0 unspecified atom stereocenters. The van der Waals surface area contributed by atoms with Crippen molar-refractivity contribution in [3.63, 3.8) is 0 Å². The minimum atomic E-state index is -0.139. The van der Waals surface area contributed by atoms with E-state index in [0.717, 1.165) is 16.8 Å². The molecule has 1 heterocycles. The normalized spacial score (nSPS) is 13.2. The Morgan fingerprint density at radius 1 is 1.22 bits per heavy atom. The van der Waals surface area contributed by atoms with E-state index in [1.165, 1.54) is 18.9 Å². The molecule has 1 aliphatic carbocycles. The Morgan fingerprint density at radius 2 is 1.93 bits per heavy atom. The summed E-state index contributed by atoms with van der Waals surface area (Å²) in [7, 11) is 0. The molecule has 0 aliphatic heterocycles. The average molecular weight is 363 g/mol. The maximum absolute atomic E-state index is 12.5. The number of aromatic nitrogens is 1. The van der Waals surface area contributed by atoms with Gasteiger partial charge in [-0.15, -0.1) is 0 Å². The van der Waals surface area contributed by atoms with Crippen LogP contribution < -0.4 is 10.3 Å². The first kappa shape index (κ1) is 19.0. The highest BCUT2D eigenvalue weighted by Gasteiger charge is 2.17. The van der Waals surface area contributed by atoms with Gasteiger partial charge in [0.1, 0.15) is 12.4 Å². The quantitative estimate of drug-likeness (QED) is 0.737. The summed E-state index contributed by atoms with van der Waals surface area (Å²) in [5.41, 5.74) is 2.71. The van der Waals surface area contributed by atoms with Crippen LogP contribution in [0.3, 0.4) is 0 Å². The molecule has 0 saturated heterocycles. The van der Waals surface area contributed by atoms with Crippen molar-refractivity contribution in [1.82, 2.24) is 4.57 Å². The zero-order valence-corrected chi connectivity index (χ0v) is 16.1. The smallest absolute Gasteiger partial charge is 0.254 e. The van der Waals surface area contributed by atoms with E-state index in [1.807, 2.05) is 45.0 Å². The standard InChI is InChI=1S/C23H25NO3/c1-16(2)22(25)15-27-21-12-17(3)24(23(26)13-21)14-20-10-8-19(9-11-20)7-6-18-4-5-18/h8-13,16,18H,4-5,14-15H2,1-3H3. The second-order valence-electron chi connectivity index (χ2n) is 7.41. The van der Waals surface area contributed by atoms with Crippen LogP contribution in [0.5, 0.6) is 5.75 Å². The lowest BCUT2D eigenvalue weighted by atomic mass is 10.1. The van der Waals surface area contributed by atoms with Gasteiger partial charge in [0.05, 0.1) is 6.54 Å². The summed E-state index contributed by atoms with van der Waals surface area (Å²) in [5.74, 6) is 7.41. The molecule has 4 nitrogen and oxygen atoms in total. The minimum Gasteiger partial charge on any atom is -0.486 e. The number of rotatable bonds is 6. The number of benzene rings is 1. The summed E-state index contributed by atoms with van der Waals surface area (Å²) in [6.07, 6.45) is 2.44. The van der Waals surface area contributed by atoms with Crippen LogP contribution in [-0.2, 0) is 11.3 Å². The number of ether oxygens (including phenoxy) is 1. The van der Waals surface area contributed by atoms with Crippen molar-refractivity contribution in [3.8, 4) is 17.6 Å². The van der Waals surface area contributed by atoms with Gasteiger partial charge in [-0.05, 0) is 43.5 Å². The molecule has 1 fully saturated rings. The molecule has 1 saturated carbocycles. The lowest BCUT2D eigenvalue weighted by Gasteiger charge is -2.13. The molecule has 1 aromatic heterocycles. The van der Waals surface area contributed by atoms with Gasteiger partial charge in [0.2, 0.25) is 0 Å². The van der Waals surface area contributed by atoms with Crippen LogP contribution in [0.2, 0.25) is 0 Å². The van der Waals surface area contributed by atoms with E-state index in [1.54, 1.807) is 10.6 Å². The van der Waals surface area contributed by atoms with Crippen molar-refractivity contribution in [3.05, 3.63) is 63.6 Å². The van der Waals surface area contributed by atoms with Crippen LogP contribution in [0.25, 0.3) is 0 Å². The van der Waals surface area contributed by atoms with Crippen molar-refractivity contribution >= 4 is 5.78 Å². The number of nitrogens with zero attached hydrogens (tertiary/aromatic N) is 1. The van der Waals surface area contributed by atoms with Gasteiger partial charge < -0.3 is 9.30 Å². The summed E-state index contributed by atoms with van der Waals surface area (Å²) in [6, 6.07) is 11.3. The van der Waals surface area contributed by atoms with E-state index in [4.69, 9.17) is 4.74 Å². The number of aryl methyl sites for hydroxylation is 1. The fourth-order valence-electron chi connectivity index (χ4n) is 2.60. The summed E-state index contributed by atoms with van der Waals surface area (Å²) in [5, 5.41) is 0. The van der Waals surface area contributed by atoms with E-state index in [-0.39, 0.29) is 23.9 Å². The van der Waals surface area contributed by atoms with Crippen molar-refractivity contribution in [2.45, 2.75) is 40.2 Å². The lowest BCUT2D eigenvalue weighted by Crippen LogP contribution is -2.23. The predicted molar refractivity (Wildman–Crippen MR) is 106 cm³/mol. The summed E-state index contributed by atoms with van der Waals surface area (Å²) >= 11 is 0. The van der Waals surface area contributed by atoms with Crippen LogP contribution >= 0.6 is 0 Å². The van der Waals surface area contributed by atoms with Gasteiger partial charge in [-0.1, -0.05) is 37.8 Å². The summed E-state index contributed by atoms with van der Waals surface area (Å²) in [4.78, 5) is 24.2. The molecule has 0 radical (unpaired) electrons. The van der Waals surface area contributed by atoms with Crippen LogP contribution in [0, 0.1) is 30.6 Å².